The number of hydrogen-bond acceptors (Lipinski definition) is 4. The van der Waals surface area contributed by atoms with E-state index in [1.807, 2.05) is 6.92 Å². The number of carbonyl (C=O) groups is 2. The fourth-order valence-corrected chi connectivity index (χ4v) is 1.80. The van der Waals surface area contributed by atoms with Crippen molar-refractivity contribution in [2.75, 3.05) is 7.05 Å². The second-order valence-electron chi connectivity index (χ2n) is 4.38. The number of pyridine rings is 1. The Morgan fingerprint density at radius 3 is 2.70 bits per heavy atom. The average Bonchev–Trinajstić information content (AvgIpc) is 2.83. The summed E-state index contributed by atoms with van der Waals surface area (Å²) in [5.74, 6) is -0.253. The number of aromatic nitrogens is 1. The first-order chi connectivity index (χ1) is 9.49. The number of amides is 1. The molecule has 6 nitrogen and oxygen atoms in total. The van der Waals surface area contributed by atoms with Crippen molar-refractivity contribution in [2.24, 2.45) is 0 Å². The van der Waals surface area contributed by atoms with E-state index in [0.717, 1.165) is 5.76 Å². The lowest BCUT2D eigenvalue weighted by molar-refractivity contribution is 0.0676. The van der Waals surface area contributed by atoms with Crippen molar-refractivity contribution < 1.29 is 19.1 Å². The van der Waals surface area contributed by atoms with Crippen LogP contribution in [0, 0.1) is 6.92 Å². The number of carboxylic acids is 1. The molecule has 0 spiro atoms. The van der Waals surface area contributed by atoms with Gasteiger partial charge in [0.1, 0.15) is 17.2 Å². The molecule has 0 atom stereocenters. The van der Waals surface area contributed by atoms with Gasteiger partial charge in [-0.05, 0) is 31.2 Å². The maximum atomic E-state index is 12.2. The Labute approximate surface area is 115 Å². The molecule has 2 rings (SSSR count). The Balaban J connectivity index is 2.20. The van der Waals surface area contributed by atoms with Crippen LogP contribution in [0.4, 0.5) is 0 Å². The first kappa shape index (κ1) is 13.8. The molecule has 6 heteroatoms. The summed E-state index contributed by atoms with van der Waals surface area (Å²) in [4.78, 5) is 28.6. The van der Waals surface area contributed by atoms with Crippen molar-refractivity contribution in [2.45, 2.75) is 13.5 Å². The van der Waals surface area contributed by atoms with E-state index in [1.165, 1.54) is 23.2 Å². The average molecular weight is 274 g/mol. The Hall–Kier alpha value is -2.63. The monoisotopic (exact) mass is 274 g/mol. The van der Waals surface area contributed by atoms with Crippen LogP contribution in [0.15, 0.2) is 34.9 Å². The van der Waals surface area contributed by atoms with E-state index >= 15 is 0 Å². The fourth-order valence-electron chi connectivity index (χ4n) is 1.80. The zero-order valence-corrected chi connectivity index (χ0v) is 11.2. The summed E-state index contributed by atoms with van der Waals surface area (Å²) in [6.07, 6.45) is 1.39. The Morgan fingerprint density at radius 1 is 1.35 bits per heavy atom. The smallest absolute Gasteiger partial charge is 0.338 e. The molecule has 1 amide bonds. The normalized spacial score (nSPS) is 10.3. The van der Waals surface area contributed by atoms with E-state index in [1.54, 1.807) is 19.2 Å². The minimum Gasteiger partial charge on any atom is -0.478 e. The van der Waals surface area contributed by atoms with Gasteiger partial charge in [0.25, 0.3) is 5.91 Å². The maximum Gasteiger partial charge on any atom is 0.338 e. The lowest BCUT2D eigenvalue weighted by Crippen LogP contribution is -2.28. The second-order valence-corrected chi connectivity index (χ2v) is 4.38. The third-order valence-corrected chi connectivity index (χ3v) is 2.78. The molecular formula is C14H14N2O4. The third kappa shape index (κ3) is 2.85. The number of rotatable bonds is 4. The highest BCUT2D eigenvalue weighted by atomic mass is 16.4. The van der Waals surface area contributed by atoms with E-state index < -0.39 is 11.9 Å². The molecule has 0 bridgehead atoms. The molecular weight excluding hydrogens is 260 g/mol. The first-order valence-electron chi connectivity index (χ1n) is 5.98. The molecule has 0 radical (unpaired) electrons. The van der Waals surface area contributed by atoms with Gasteiger partial charge in [-0.15, -0.1) is 0 Å². The van der Waals surface area contributed by atoms with Crippen molar-refractivity contribution in [1.29, 1.82) is 0 Å². The highest BCUT2D eigenvalue weighted by Gasteiger charge is 2.21. The van der Waals surface area contributed by atoms with Crippen LogP contribution in [0.2, 0.25) is 0 Å². The highest BCUT2D eigenvalue weighted by Crippen LogP contribution is 2.12. The van der Waals surface area contributed by atoms with Gasteiger partial charge in [0.05, 0.1) is 12.1 Å². The quantitative estimate of drug-likeness (QED) is 0.921. The van der Waals surface area contributed by atoms with Crippen molar-refractivity contribution >= 4 is 11.9 Å². The van der Waals surface area contributed by atoms with E-state index in [-0.39, 0.29) is 17.8 Å². The molecule has 0 aliphatic heterocycles. The number of nitrogens with zero attached hydrogens (tertiary/aromatic N) is 2. The SMILES string of the molecule is Cc1ccc(CN(C)C(=O)c2ncccc2C(=O)O)o1. The number of carbonyl (C=O) groups excluding carboxylic acids is 1. The molecule has 0 saturated carbocycles. The van der Waals surface area contributed by atoms with Gasteiger partial charge in [-0.2, -0.15) is 0 Å². The second kappa shape index (κ2) is 5.56. The topological polar surface area (TPSA) is 83.6 Å². The predicted octanol–water partition coefficient (Wildman–Crippen LogP) is 1.95. The van der Waals surface area contributed by atoms with Gasteiger partial charge < -0.3 is 14.4 Å². The molecule has 2 aromatic rings. The molecule has 0 fully saturated rings. The van der Waals surface area contributed by atoms with Crippen LogP contribution in [0.25, 0.3) is 0 Å². The molecule has 104 valence electrons. The number of carboxylic acid groups (broad SMARTS) is 1. The Bertz CT molecular complexity index is 648. The van der Waals surface area contributed by atoms with Crippen molar-refractivity contribution in [3.8, 4) is 0 Å². The van der Waals surface area contributed by atoms with Crippen LogP contribution in [-0.2, 0) is 6.54 Å². The summed E-state index contributed by atoms with van der Waals surface area (Å²) in [5.41, 5.74) is -0.189. The van der Waals surface area contributed by atoms with Gasteiger partial charge in [-0.25, -0.2) is 4.79 Å². The number of aryl methyl sites for hydroxylation is 1. The molecule has 0 aliphatic carbocycles. The van der Waals surface area contributed by atoms with Gasteiger partial charge in [-0.3, -0.25) is 9.78 Å². The van der Waals surface area contributed by atoms with Gasteiger partial charge in [0.2, 0.25) is 0 Å². The number of aromatic carboxylic acids is 1. The van der Waals surface area contributed by atoms with Gasteiger partial charge in [-0.1, -0.05) is 0 Å². The minimum absolute atomic E-state index is 0.0780. The fraction of sp³-hybridized carbons (Fsp3) is 0.214. The first-order valence-corrected chi connectivity index (χ1v) is 5.98. The molecule has 2 aromatic heterocycles. The summed E-state index contributed by atoms with van der Waals surface area (Å²) in [5, 5.41) is 9.06. The zero-order chi connectivity index (χ0) is 14.7. The van der Waals surface area contributed by atoms with Crippen LogP contribution in [-0.4, -0.2) is 33.9 Å². The molecule has 0 aliphatic rings. The van der Waals surface area contributed by atoms with E-state index in [9.17, 15) is 9.59 Å². The predicted molar refractivity (Wildman–Crippen MR) is 70.4 cm³/mol. The molecule has 0 saturated heterocycles. The van der Waals surface area contributed by atoms with Gasteiger partial charge in [0, 0.05) is 13.2 Å². The van der Waals surface area contributed by atoms with Crippen LogP contribution in [0.1, 0.15) is 32.4 Å². The summed E-state index contributed by atoms with van der Waals surface area (Å²) in [7, 11) is 1.57. The molecule has 0 aromatic carbocycles. The molecule has 1 N–H and O–H groups in total. The number of hydrogen-bond donors (Lipinski definition) is 1. The van der Waals surface area contributed by atoms with Gasteiger partial charge >= 0.3 is 5.97 Å². The van der Waals surface area contributed by atoms with Crippen LogP contribution in [0.5, 0.6) is 0 Å². The Kier molecular flexibility index (Phi) is 3.84. The van der Waals surface area contributed by atoms with Gasteiger partial charge in [0.15, 0.2) is 0 Å². The minimum atomic E-state index is -1.18. The van der Waals surface area contributed by atoms with Crippen molar-refractivity contribution in [1.82, 2.24) is 9.88 Å². The summed E-state index contributed by atoms with van der Waals surface area (Å²) < 4.78 is 5.39. The Morgan fingerprint density at radius 2 is 2.10 bits per heavy atom. The number of furan rings is 1. The molecule has 0 unspecified atom stereocenters. The molecule has 2 heterocycles. The van der Waals surface area contributed by atoms with Crippen molar-refractivity contribution in [3.63, 3.8) is 0 Å². The largest absolute Gasteiger partial charge is 0.478 e. The molecule has 20 heavy (non-hydrogen) atoms. The zero-order valence-electron chi connectivity index (χ0n) is 11.2. The van der Waals surface area contributed by atoms with E-state index in [0.29, 0.717) is 5.76 Å². The van der Waals surface area contributed by atoms with Crippen LogP contribution < -0.4 is 0 Å². The van der Waals surface area contributed by atoms with E-state index in [4.69, 9.17) is 9.52 Å². The van der Waals surface area contributed by atoms with Crippen LogP contribution >= 0.6 is 0 Å². The lowest BCUT2D eigenvalue weighted by atomic mass is 10.2. The maximum absolute atomic E-state index is 12.2. The highest BCUT2D eigenvalue weighted by molar-refractivity contribution is 6.03. The van der Waals surface area contributed by atoms with Crippen LogP contribution in [0.3, 0.4) is 0 Å². The summed E-state index contributed by atoms with van der Waals surface area (Å²) >= 11 is 0. The lowest BCUT2D eigenvalue weighted by Gasteiger charge is -2.16. The standard InChI is InChI=1S/C14H14N2O4/c1-9-5-6-10(20-9)8-16(2)13(17)12-11(14(18)19)4-3-7-15-12/h3-7H,8H2,1-2H3,(H,18,19). The van der Waals surface area contributed by atoms with Crippen molar-refractivity contribution in [3.05, 3.63) is 53.2 Å². The van der Waals surface area contributed by atoms with E-state index in [2.05, 4.69) is 4.98 Å². The summed E-state index contributed by atoms with van der Waals surface area (Å²) in [6, 6.07) is 6.41. The summed E-state index contributed by atoms with van der Waals surface area (Å²) in [6.45, 7) is 2.06. The third-order valence-electron chi connectivity index (χ3n) is 2.78.